The van der Waals surface area contributed by atoms with Crippen molar-refractivity contribution in [3.63, 3.8) is 0 Å². The fourth-order valence-corrected chi connectivity index (χ4v) is 1.53. The third-order valence-electron chi connectivity index (χ3n) is 2.23. The van der Waals surface area contributed by atoms with Crippen LogP contribution < -0.4 is 5.32 Å². The Balaban J connectivity index is 2.73. The van der Waals surface area contributed by atoms with E-state index in [9.17, 15) is 10.1 Å². The fraction of sp³-hybridized carbons (Fsp3) is 0.273. The molecule has 92 valence electrons. The number of hydrogen-bond donors (Lipinski definition) is 1. The van der Waals surface area contributed by atoms with Gasteiger partial charge in [0.05, 0.1) is 4.92 Å². The Labute approximate surface area is 105 Å². The largest absolute Gasteiger partial charge is 0.370 e. The van der Waals surface area contributed by atoms with Gasteiger partial charge in [0.1, 0.15) is 0 Å². The van der Waals surface area contributed by atoms with Crippen molar-refractivity contribution in [2.75, 3.05) is 14.1 Å². The molecule has 0 atom stereocenters. The molecule has 0 heterocycles. The molecule has 0 fully saturated rings. The lowest BCUT2D eigenvalue weighted by Crippen LogP contribution is -2.26. The summed E-state index contributed by atoms with van der Waals surface area (Å²) in [5.74, 6) is 0.449. The van der Waals surface area contributed by atoms with Crippen LogP contribution in [0.4, 0.5) is 0 Å². The van der Waals surface area contributed by atoms with Crippen molar-refractivity contribution < 1.29 is 4.92 Å². The third kappa shape index (κ3) is 4.32. The molecule has 0 saturated heterocycles. The van der Waals surface area contributed by atoms with Gasteiger partial charge < -0.3 is 10.2 Å². The van der Waals surface area contributed by atoms with E-state index in [0.717, 1.165) is 11.8 Å². The third-order valence-corrected chi connectivity index (χ3v) is 2.48. The highest BCUT2D eigenvalue weighted by molar-refractivity contribution is 6.30. The summed E-state index contributed by atoms with van der Waals surface area (Å²) in [7, 11) is 3.42. The van der Waals surface area contributed by atoms with Crippen LogP contribution in [0.3, 0.4) is 0 Å². The Bertz CT molecular complexity index is 417. The van der Waals surface area contributed by atoms with Crippen LogP contribution in [-0.2, 0) is 6.54 Å². The molecule has 0 aliphatic rings. The predicted octanol–water partition coefficient (Wildman–Crippen LogP) is 2.07. The van der Waals surface area contributed by atoms with Gasteiger partial charge >= 0.3 is 0 Å². The van der Waals surface area contributed by atoms with Crippen molar-refractivity contribution in [3.05, 3.63) is 57.0 Å². The average Bonchev–Trinajstić information content (AvgIpc) is 2.28. The van der Waals surface area contributed by atoms with E-state index in [4.69, 9.17) is 11.6 Å². The summed E-state index contributed by atoms with van der Waals surface area (Å²) in [6.07, 6.45) is 0.940. The van der Waals surface area contributed by atoms with Crippen LogP contribution in [0.2, 0.25) is 5.02 Å². The predicted molar refractivity (Wildman–Crippen MR) is 67.1 cm³/mol. The van der Waals surface area contributed by atoms with Crippen LogP contribution >= 0.6 is 11.6 Å². The zero-order valence-electron chi connectivity index (χ0n) is 9.68. The minimum absolute atomic E-state index is 0.449. The molecule has 1 aromatic rings. The summed E-state index contributed by atoms with van der Waals surface area (Å²) in [6.45, 7) is 0.567. The Morgan fingerprint density at radius 1 is 1.53 bits per heavy atom. The molecule has 5 nitrogen and oxygen atoms in total. The highest BCUT2D eigenvalue weighted by atomic mass is 35.5. The summed E-state index contributed by atoms with van der Waals surface area (Å²) in [5.41, 5.74) is 1.03. The standard InChI is InChI=1S/C11H14ClN3O2/c1-13-11(8-15(16)17)14(2)7-9-3-5-10(12)6-4-9/h3-6,8,13H,7H2,1-2H3/b11-8-. The summed E-state index contributed by atoms with van der Waals surface area (Å²) < 4.78 is 0. The van der Waals surface area contributed by atoms with Crippen molar-refractivity contribution in [2.45, 2.75) is 6.54 Å². The fourth-order valence-electron chi connectivity index (χ4n) is 1.40. The maximum absolute atomic E-state index is 10.4. The van der Waals surface area contributed by atoms with Crippen LogP contribution in [0.1, 0.15) is 5.56 Å². The molecule has 0 radical (unpaired) electrons. The first-order valence-corrected chi connectivity index (χ1v) is 5.39. The van der Waals surface area contributed by atoms with Crippen molar-refractivity contribution in [3.8, 4) is 0 Å². The summed E-state index contributed by atoms with van der Waals surface area (Å²) in [6, 6.07) is 7.36. The molecule has 1 rings (SSSR count). The molecular formula is C11H14ClN3O2. The van der Waals surface area contributed by atoms with Crippen LogP contribution in [0, 0.1) is 10.1 Å². The first-order chi connectivity index (χ1) is 8.02. The van der Waals surface area contributed by atoms with Crippen molar-refractivity contribution in [2.24, 2.45) is 0 Å². The van der Waals surface area contributed by atoms with Gasteiger partial charge in [-0.1, -0.05) is 23.7 Å². The number of nitrogens with zero attached hydrogens (tertiary/aromatic N) is 2. The van der Waals surface area contributed by atoms with Gasteiger partial charge in [0.25, 0.3) is 6.20 Å². The smallest absolute Gasteiger partial charge is 0.274 e. The second-order valence-electron chi connectivity index (χ2n) is 3.53. The van der Waals surface area contributed by atoms with Gasteiger partial charge in [0.15, 0.2) is 5.82 Å². The summed E-state index contributed by atoms with van der Waals surface area (Å²) >= 11 is 5.78. The summed E-state index contributed by atoms with van der Waals surface area (Å²) in [4.78, 5) is 11.7. The number of halogens is 1. The van der Waals surface area contributed by atoms with Crippen LogP contribution in [0.15, 0.2) is 36.3 Å². The molecule has 0 bridgehead atoms. The SMILES string of the molecule is CN/C(=C/[N+](=O)[O-])N(C)Cc1ccc(Cl)cc1. The average molecular weight is 256 g/mol. The molecule has 1 aromatic carbocycles. The van der Waals surface area contributed by atoms with E-state index in [1.54, 1.807) is 31.1 Å². The molecule has 17 heavy (non-hydrogen) atoms. The van der Waals surface area contributed by atoms with Crippen molar-refractivity contribution >= 4 is 11.6 Å². The van der Waals surface area contributed by atoms with E-state index >= 15 is 0 Å². The molecule has 0 saturated carbocycles. The van der Waals surface area contributed by atoms with Gasteiger partial charge in [-0.15, -0.1) is 0 Å². The lowest BCUT2D eigenvalue weighted by molar-refractivity contribution is -0.404. The van der Waals surface area contributed by atoms with E-state index in [-0.39, 0.29) is 0 Å². The van der Waals surface area contributed by atoms with E-state index in [0.29, 0.717) is 17.4 Å². The van der Waals surface area contributed by atoms with Crippen LogP contribution in [-0.4, -0.2) is 23.9 Å². The highest BCUT2D eigenvalue weighted by Gasteiger charge is 2.07. The molecule has 0 unspecified atom stereocenters. The first kappa shape index (κ1) is 13.3. The maximum atomic E-state index is 10.4. The normalized spacial score (nSPS) is 11.1. The van der Waals surface area contributed by atoms with Crippen LogP contribution in [0.25, 0.3) is 0 Å². The van der Waals surface area contributed by atoms with Crippen molar-refractivity contribution in [1.82, 2.24) is 10.2 Å². The monoisotopic (exact) mass is 255 g/mol. The Morgan fingerprint density at radius 3 is 2.59 bits per heavy atom. The minimum atomic E-state index is -0.482. The molecule has 0 aromatic heterocycles. The molecular weight excluding hydrogens is 242 g/mol. The Kier molecular flexibility index (Phi) is 4.78. The molecule has 6 heteroatoms. The van der Waals surface area contributed by atoms with E-state index < -0.39 is 4.92 Å². The minimum Gasteiger partial charge on any atom is -0.370 e. The number of benzene rings is 1. The second kappa shape index (κ2) is 6.10. The quantitative estimate of drug-likeness (QED) is 0.646. The van der Waals surface area contributed by atoms with E-state index in [1.165, 1.54) is 0 Å². The molecule has 0 aliphatic heterocycles. The zero-order chi connectivity index (χ0) is 12.8. The van der Waals surface area contributed by atoms with E-state index in [1.807, 2.05) is 12.1 Å². The van der Waals surface area contributed by atoms with Gasteiger partial charge in [-0.25, -0.2) is 0 Å². The number of hydrogen-bond acceptors (Lipinski definition) is 4. The Hall–Kier alpha value is -1.75. The van der Waals surface area contributed by atoms with Gasteiger partial charge in [0.2, 0.25) is 0 Å². The number of nitro groups is 1. The second-order valence-corrected chi connectivity index (χ2v) is 3.97. The van der Waals surface area contributed by atoms with Gasteiger partial charge in [-0.05, 0) is 17.7 Å². The maximum Gasteiger partial charge on any atom is 0.274 e. The van der Waals surface area contributed by atoms with Crippen LogP contribution in [0.5, 0.6) is 0 Å². The first-order valence-electron chi connectivity index (χ1n) is 5.01. The van der Waals surface area contributed by atoms with Crippen molar-refractivity contribution in [1.29, 1.82) is 0 Å². The molecule has 0 amide bonds. The number of rotatable bonds is 5. The lowest BCUT2D eigenvalue weighted by Gasteiger charge is -2.20. The summed E-state index contributed by atoms with van der Waals surface area (Å²) in [5, 5.41) is 13.9. The molecule has 0 aliphatic carbocycles. The highest BCUT2D eigenvalue weighted by Crippen LogP contribution is 2.12. The lowest BCUT2D eigenvalue weighted by atomic mass is 10.2. The van der Waals surface area contributed by atoms with Gasteiger partial charge in [-0.3, -0.25) is 10.1 Å². The van der Waals surface area contributed by atoms with Gasteiger partial charge in [0, 0.05) is 25.7 Å². The molecule has 0 spiro atoms. The Morgan fingerprint density at radius 2 is 2.12 bits per heavy atom. The topological polar surface area (TPSA) is 58.4 Å². The van der Waals surface area contributed by atoms with Gasteiger partial charge in [-0.2, -0.15) is 0 Å². The number of nitrogens with one attached hydrogen (secondary N) is 1. The molecule has 1 N–H and O–H groups in total. The zero-order valence-corrected chi connectivity index (χ0v) is 10.4. The van der Waals surface area contributed by atoms with E-state index in [2.05, 4.69) is 5.32 Å².